The molecule has 1 heterocycles. The van der Waals surface area contributed by atoms with Crippen molar-refractivity contribution in [3.8, 4) is 0 Å². The molecule has 1 saturated heterocycles. The zero-order valence-electron chi connectivity index (χ0n) is 7.81. The van der Waals surface area contributed by atoms with Crippen LogP contribution in [0.15, 0.2) is 25.3 Å². The lowest BCUT2D eigenvalue weighted by Gasteiger charge is -2.36. The average molecular weight is 165 g/mol. The number of hydrogen-bond donors (Lipinski definition) is 1. The van der Waals surface area contributed by atoms with Crippen LogP contribution in [0.3, 0.4) is 0 Å². The smallest absolute Gasteiger partial charge is 0.00138 e. The van der Waals surface area contributed by atoms with Crippen molar-refractivity contribution in [1.29, 1.82) is 0 Å². The van der Waals surface area contributed by atoms with Crippen molar-refractivity contribution in [3.63, 3.8) is 0 Å². The van der Waals surface area contributed by atoms with Gasteiger partial charge in [-0.25, -0.2) is 0 Å². The molecule has 0 radical (unpaired) electrons. The van der Waals surface area contributed by atoms with E-state index in [1.807, 2.05) is 12.2 Å². The van der Waals surface area contributed by atoms with Gasteiger partial charge in [0, 0.05) is 6.54 Å². The van der Waals surface area contributed by atoms with E-state index in [1.54, 1.807) is 0 Å². The lowest BCUT2D eigenvalue weighted by molar-refractivity contribution is 0.214. The second kappa shape index (κ2) is 4.46. The lowest BCUT2D eigenvalue weighted by atomic mass is 9.75. The first kappa shape index (κ1) is 9.53. The number of nitrogens with one attached hydrogen (secondary N) is 1. The zero-order chi connectivity index (χ0) is 8.86. The summed E-state index contributed by atoms with van der Waals surface area (Å²) in [6.07, 6.45) is 8.92. The summed E-state index contributed by atoms with van der Waals surface area (Å²) in [7, 11) is 0. The third-order valence-corrected chi connectivity index (χ3v) is 2.72. The molecule has 0 aromatic rings. The molecule has 1 aliphatic heterocycles. The van der Waals surface area contributed by atoms with Crippen LogP contribution in [-0.2, 0) is 0 Å². The molecule has 0 aliphatic carbocycles. The van der Waals surface area contributed by atoms with Crippen LogP contribution >= 0.6 is 0 Å². The van der Waals surface area contributed by atoms with Crippen LogP contribution in [0.5, 0.6) is 0 Å². The van der Waals surface area contributed by atoms with Gasteiger partial charge in [0.2, 0.25) is 0 Å². The molecule has 0 atom stereocenters. The highest BCUT2D eigenvalue weighted by atomic mass is 14.9. The minimum absolute atomic E-state index is 0.432. The van der Waals surface area contributed by atoms with Gasteiger partial charge in [0.25, 0.3) is 0 Å². The van der Waals surface area contributed by atoms with E-state index in [4.69, 9.17) is 0 Å². The molecule has 0 bridgehead atoms. The second-order valence-corrected chi connectivity index (χ2v) is 3.77. The molecule has 1 aliphatic rings. The van der Waals surface area contributed by atoms with Crippen LogP contribution in [0.25, 0.3) is 0 Å². The van der Waals surface area contributed by atoms with Gasteiger partial charge in [-0.2, -0.15) is 0 Å². The Bertz CT molecular complexity index is 142. The molecule has 0 saturated carbocycles. The van der Waals surface area contributed by atoms with Gasteiger partial charge < -0.3 is 5.32 Å². The SMILES string of the molecule is C=CCC1(CC=C)CCCNC1. The fourth-order valence-electron chi connectivity index (χ4n) is 2.07. The molecule has 1 rings (SSSR count). The average Bonchev–Trinajstić information content (AvgIpc) is 2.07. The minimum Gasteiger partial charge on any atom is -0.316 e. The van der Waals surface area contributed by atoms with Gasteiger partial charge in [-0.3, -0.25) is 0 Å². The van der Waals surface area contributed by atoms with Crippen molar-refractivity contribution in [2.45, 2.75) is 25.7 Å². The maximum Gasteiger partial charge on any atom is 0.00138 e. The first-order valence-corrected chi connectivity index (χ1v) is 4.75. The summed E-state index contributed by atoms with van der Waals surface area (Å²) >= 11 is 0. The molecule has 0 unspecified atom stereocenters. The minimum atomic E-state index is 0.432. The Morgan fingerprint density at radius 1 is 1.25 bits per heavy atom. The van der Waals surface area contributed by atoms with Gasteiger partial charge in [-0.15, -0.1) is 13.2 Å². The van der Waals surface area contributed by atoms with Gasteiger partial charge in [0.15, 0.2) is 0 Å². The summed E-state index contributed by atoms with van der Waals surface area (Å²) in [5, 5.41) is 3.45. The fourth-order valence-corrected chi connectivity index (χ4v) is 2.07. The second-order valence-electron chi connectivity index (χ2n) is 3.77. The first-order valence-electron chi connectivity index (χ1n) is 4.75. The predicted octanol–water partition coefficient (Wildman–Crippen LogP) is 2.51. The van der Waals surface area contributed by atoms with Crippen molar-refractivity contribution in [2.24, 2.45) is 5.41 Å². The van der Waals surface area contributed by atoms with Gasteiger partial charge >= 0.3 is 0 Å². The Labute approximate surface area is 75.6 Å². The third-order valence-electron chi connectivity index (χ3n) is 2.72. The number of piperidine rings is 1. The highest BCUT2D eigenvalue weighted by Gasteiger charge is 2.28. The van der Waals surface area contributed by atoms with Crippen LogP contribution in [0.2, 0.25) is 0 Å². The molecule has 0 amide bonds. The number of hydrogen-bond acceptors (Lipinski definition) is 1. The van der Waals surface area contributed by atoms with Crippen molar-refractivity contribution < 1.29 is 0 Å². The summed E-state index contributed by atoms with van der Waals surface area (Å²) in [5.74, 6) is 0. The summed E-state index contributed by atoms with van der Waals surface area (Å²) in [5.41, 5.74) is 0.432. The monoisotopic (exact) mass is 165 g/mol. The van der Waals surface area contributed by atoms with Gasteiger partial charge in [-0.05, 0) is 37.6 Å². The van der Waals surface area contributed by atoms with E-state index in [0.717, 1.165) is 19.4 Å². The van der Waals surface area contributed by atoms with E-state index in [0.29, 0.717) is 5.41 Å². The van der Waals surface area contributed by atoms with Crippen molar-refractivity contribution in [2.75, 3.05) is 13.1 Å². The molecule has 12 heavy (non-hydrogen) atoms. The molecule has 1 N–H and O–H groups in total. The van der Waals surface area contributed by atoms with Crippen molar-refractivity contribution >= 4 is 0 Å². The van der Waals surface area contributed by atoms with Crippen molar-refractivity contribution in [1.82, 2.24) is 5.32 Å². The summed E-state index contributed by atoms with van der Waals surface area (Å²) < 4.78 is 0. The van der Waals surface area contributed by atoms with E-state index in [9.17, 15) is 0 Å². The standard InChI is InChI=1S/C11H19N/c1-3-6-11(7-4-2)8-5-9-12-10-11/h3-4,12H,1-2,5-10H2. The molecule has 1 fully saturated rings. The normalized spacial score (nSPS) is 21.7. The Morgan fingerprint density at radius 3 is 2.33 bits per heavy atom. The van der Waals surface area contributed by atoms with Gasteiger partial charge in [0.1, 0.15) is 0 Å². The molecular weight excluding hydrogens is 146 g/mol. The van der Waals surface area contributed by atoms with Crippen LogP contribution in [0, 0.1) is 5.41 Å². The number of rotatable bonds is 4. The Hall–Kier alpha value is -0.560. The van der Waals surface area contributed by atoms with E-state index < -0.39 is 0 Å². The topological polar surface area (TPSA) is 12.0 Å². The van der Waals surface area contributed by atoms with E-state index in [2.05, 4.69) is 18.5 Å². The molecule has 0 spiro atoms. The third kappa shape index (κ3) is 2.21. The molecule has 0 aromatic carbocycles. The van der Waals surface area contributed by atoms with E-state index >= 15 is 0 Å². The fraction of sp³-hybridized carbons (Fsp3) is 0.636. The van der Waals surface area contributed by atoms with Crippen LogP contribution in [0.4, 0.5) is 0 Å². The maximum absolute atomic E-state index is 3.82. The largest absolute Gasteiger partial charge is 0.316 e. The Kier molecular flexibility index (Phi) is 3.54. The molecule has 1 heteroatoms. The zero-order valence-corrected chi connectivity index (χ0v) is 7.81. The van der Waals surface area contributed by atoms with Crippen LogP contribution < -0.4 is 5.32 Å². The summed E-state index contributed by atoms with van der Waals surface area (Å²) in [6, 6.07) is 0. The van der Waals surface area contributed by atoms with Crippen LogP contribution in [-0.4, -0.2) is 13.1 Å². The molecule has 68 valence electrons. The Morgan fingerprint density at radius 2 is 1.92 bits per heavy atom. The molecular formula is C11H19N. The van der Waals surface area contributed by atoms with Gasteiger partial charge in [-0.1, -0.05) is 12.2 Å². The van der Waals surface area contributed by atoms with Crippen LogP contribution in [0.1, 0.15) is 25.7 Å². The summed E-state index contributed by atoms with van der Waals surface area (Å²) in [4.78, 5) is 0. The Balaban J connectivity index is 2.55. The lowest BCUT2D eigenvalue weighted by Crippen LogP contribution is -2.39. The predicted molar refractivity (Wildman–Crippen MR) is 54.2 cm³/mol. The van der Waals surface area contributed by atoms with E-state index in [1.165, 1.54) is 19.4 Å². The highest BCUT2D eigenvalue weighted by molar-refractivity contribution is 4.94. The number of allylic oxidation sites excluding steroid dienone is 2. The molecule has 1 nitrogen and oxygen atoms in total. The highest BCUT2D eigenvalue weighted by Crippen LogP contribution is 2.34. The quantitative estimate of drug-likeness (QED) is 0.631. The first-order chi connectivity index (χ1) is 5.83. The summed E-state index contributed by atoms with van der Waals surface area (Å²) in [6.45, 7) is 9.95. The van der Waals surface area contributed by atoms with Crippen molar-refractivity contribution in [3.05, 3.63) is 25.3 Å². The molecule has 0 aromatic heterocycles. The maximum atomic E-state index is 3.82. The van der Waals surface area contributed by atoms with E-state index in [-0.39, 0.29) is 0 Å². The van der Waals surface area contributed by atoms with Gasteiger partial charge in [0.05, 0.1) is 0 Å².